The lowest BCUT2D eigenvalue weighted by atomic mass is 10.5. The highest BCUT2D eigenvalue weighted by Crippen LogP contribution is 2.27. The van der Waals surface area contributed by atoms with Gasteiger partial charge in [-0.2, -0.15) is 0 Å². The van der Waals surface area contributed by atoms with Gasteiger partial charge < -0.3 is 0 Å². The number of rotatable bonds is 4. The van der Waals surface area contributed by atoms with Crippen LogP contribution in [0.1, 0.15) is 5.69 Å². The number of hydrogen-bond donors (Lipinski definition) is 2. The average Bonchev–Trinajstić information content (AvgIpc) is 2.69. The van der Waals surface area contributed by atoms with Crippen molar-refractivity contribution in [1.29, 1.82) is 0 Å². The largest absolute Gasteiger partial charge is 0.265 e. The van der Waals surface area contributed by atoms with Crippen LogP contribution in [0.4, 0.5) is 9.52 Å². The van der Waals surface area contributed by atoms with Crippen LogP contribution in [0.3, 0.4) is 0 Å². The minimum Gasteiger partial charge on any atom is -0.260 e. The Bertz CT molecular complexity index is 891. The van der Waals surface area contributed by atoms with Crippen molar-refractivity contribution in [3.8, 4) is 0 Å². The molecule has 0 fully saturated rings. The molecule has 0 aliphatic heterocycles. The quantitative estimate of drug-likeness (QED) is 0.820. The van der Waals surface area contributed by atoms with Gasteiger partial charge in [-0.05, 0) is 13.0 Å². The fourth-order valence-electron chi connectivity index (χ4n) is 1.40. The van der Waals surface area contributed by atoms with Crippen LogP contribution in [0.15, 0.2) is 27.6 Å². The van der Waals surface area contributed by atoms with Gasteiger partial charge in [0.25, 0.3) is 10.0 Å². The molecular weight excluding hydrogens is 343 g/mol. The van der Waals surface area contributed by atoms with Crippen molar-refractivity contribution in [3.05, 3.63) is 30.0 Å². The van der Waals surface area contributed by atoms with Gasteiger partial charge in [0.05, 0.1) is 11.9 Å². The molecule has 114 valence electrons. The number of nitrogens with one attached hydrogen (secondary N) is 1. The van der Waals surface area contributed by atoms with E-state index >= 15 is 0 Å². The molecule has 0 saturated heterocycles. The normalized spacial score (nSPS) is 12.3. The monoisotopic (exact) mass is 352 g/mol. The van der Waals surface area contributed by atoms with Gasteiger partial charge >= 0.3 is 0 Å². The fourth-order valence-corrected chi connectivity index (χ4v) is 4.47. The Hall–Kier alpha value is -1.63. The van der Waals surface area contributed by atoms with E-state index in [0.717, 1.165) is 18.5 Å². The van der Waals surface area contributed by atoms with Crippen LogP contribution >= 0.6 is 11.3 Å². The second-order valence-electron chi connectivity index (χ2n) is 3.88. The van der Waals surface area contributed by atoms with Gasteiger partial charge in [-0.3, -0.25) is 9.71 Å². The number of aryl methyl sites for hydroxylation is 1. The maximum Gasteiger partial charge on any atom is 0.265 e. The van der Waals surface area contributed by atoms with Gasteiger partial charge in [0, 0.05) is 6.20 Å². The van der Waals surface area contributed by atoms with Crippen molar-refractivity contribution in [2.24, 2.45) is 5.14 Å². The molecule has 0 atom stereocenters. The standard InChI is InChI=1S/C9H9FN4O4S3/c1-5-8(20(11,15)16)19-9(13-5)14-21(17,18)7-2-6(10)3-12-4-7/h2-4H,1H3,(H,13,14)(H2,11,15,16). The van der Waals surface area contributed by atoms with Crippen LogP contribution in [0.2, 0.25) is 0 Å². The summed E-state index contributed by atoms with van der Waals surface area (Å²) in [5.74, 6) is -0.821. The molecule has 2 aromatic rings. The minimum atomic E-state index is -4.12. The lowest BCUT2D eigenvalue weighted by molar-refractivity contribution is 0.592. The molecule has 0 aliphatic rings. The van der Waals surface area contributed by atoms with Crippen molar-refractivity contribution in [2.45, 2.75) is 16.0 Å². The lowest BCUT2D eigenvalue weighted by Crippen LogP contribution is -2.13. The van der Waals surface area contributed by atoms with Gasteiger partial charge in [0.1, 0.15) is 10.7 Å². The summed E-state index contributed by atoms with van der Waals surface area (Å²) in [5, 5.41) is 4.78. The number of anilines is 1. The minimum absolute atomic E-state index is 0.0672. The smallest absolute Gasteiger partial charge is 0.260 e. The summed E-state index contributed by atoms with van der Waals surface area (Å²) >= 11 is 0.564. The van der Waals surface area contributed by atoms with Crippen molar-refractivity contribution >= 4 is 36.5 Å². The summed E-state index contributed by atoms with van der Waals surface area (Å²) < 4.78 is 61.3. The third-order valence-corrected chi connectivity index (χ3v) is 6.29. The number of halogens is 1. The molecule has 2 aromatic heterocycles. The SMILES string of the molecule is Cc1nc(NS(=O)(=O)c2cncc(F)c2)sc1S(N)(=O)=O. The number of sulfonamides is 2. The Morgan fingerprint density at radius 1 is 1.29 bits per heavy atom. The van der Waals surface area contributed by atoms with E-state index in [9.17, 15) is 21.2 Å². The number of thiazole rings is 1. The van der Waals surface area contributed by atoms with E-state index < -0.39 is 30.8 Å². The second-order valence-corrected chi connectivity index (χ2v) is 8.32. The number of pyridine rings is 1. The molecule has 0 bridgehead atoms. The van der Waals surface area contributed by atoms with E-state index in [2.05, 4.69) is 9.97 Å². The highest BCUT2D eigenvalue weighted by molar-refractivity contribution is 7.93. The molecule has 0 aromatic carbocycles. The highest BCUT2D eigenvalue weighted by Gasteiger charge is 2.22. The highest BCUT2D eigenvalue weighted by atomic mass is 32.2. The first-order chi connectivity index (χ1) is 9.59. The molecule has 12 heteroatoms. The molecule has 0 amide bonds. The first-order valence-electron chi connectivity index (χ1n) is 5.23. The number of primary sulfonamides is 1. The number of aromatic nitrogens is 2. The van der Waals surface area contributed by atoms with E-state index in [1.807, 2.05) is 4.72 Å². The summed E-state index contributed by atoms with van der Waals surface area (Å²) in [7, 11) is -8.12. The predicted octanol–water partition coefficient (Wildman–Crippen LogP) is 0.434. The Balaban J connectivity index is 2.38. The van der Waals surface area contributed by atoms with E-state index in [4.69, 9.17) is 5.14 Å². The summed E-state index contributed by atoms with van der Waals surface area (Å²) in [4.78, 5) is 6.78. The van der Waals surface area contributed by atoms with Crippen LogP contribution in [0.25, 0.3) is 0 Å². The summed E-state index contributed by atoms with van der Waals surface area (Å²) in [6, 6.07) is 0.774. The molecule has 2 heterocycles. The average molecular weight is 352 g/mol. The zero-order valence-corrected chi connectivity index (χ0v) is 12.9. The summed E-state index contributed by atoms with van der Waals surface area (Å²) in [6.07, 6.45) is 1.80. The van der Waals surface area contributed by atoms with Crippen LogP contribution in [-0.4, -0.2) is 26.8 Å². The molecule has 0 unspecified atom stereocenters. The molecule has 0 aliphatic carbocycles. The third-order valence-electron chi connectivity index (χ3n) is 2.22. The van der Waals surface area contributed by atoms with Gasteiger partial charge in [0.15, 0.2) is 9.34 Å². The molecule has 8 nitrogen and oxygen atoms in total. The molecule has 21 heavy (non-hydrogen) atoms. The zero-order valence-electron chi connectivity index (χ0n) is 10.4. The molecule has 3 N–H and O–H groups in total. The number of nitrogens with zero attached hydrogens (tertiary/aromatic N) is 2. The van der Waals surface area contributed by atoms with Crippen molar-refractivity contribution in [1.82, 2.24) is 9.97 Å². The van der Waals surface area contributed by atoms with Crippen molar-refractivity contribution < 1.29 is 21.2 Å². The Morgan fingerprint density at radius 2 is 1.95 bits per heavy atom. The maximum atomic E-state index is 13.0. The van der Waals surface area contributed by atoms with Gasteiger partial charge in [-0.1, -0.05) is 11.3 Å². The first kappa shape index (κ1) is 15.8. The van der Waals surface area contributed by atoms with E-state index in [-0.39, 0.29) is 15.0 Å². The predicted molar refractivity (Wildman–Crippen MR) is 73.2 cm³/mol. The van der Waals surface area contributed by atoms with Crippen LogP contribution in [0, 0.1) is 12.7 Å². The lowest BCUT2D eigenvalue weighted by Gasteiger charge is -2.04. The first-order valence-corrected chi connectivity index (χ1v) is 9.08. The fraction of sp³-hybridized carbons (Fsp3) is 0.111. The molecule has 0 radical (unpaired) electrons. The molecule has 2 rings (SSSR count). The van der Waals surface area contributed by atoms with Gasteiger partial charge in [0.2, 0.25) is 10.0 Å². The summed E-state index contributed by atoms with van der Waals surface area (Å²) in [5.41, 5.74) is 0.0672. The third kappa shape index (κ3) is 3.53. The summed E-state index contributed by atoms with van der Waals surface area (Å²) in [6.45, 7) is 1.37. The van der Waals surface area contributed by atoms with Crippen molar-refractivity contribution in [3.63, 3.8) is 0 Å². The van der Waals surface area contributed by atoms with Crippen LogP contribution < -0.4 is 9.86 Å². The molecular formula is C9H9FN4O4S3. The molecule has 0 saturated carbocycles. The van der Waals surface area contributed by atoms with Crippen LogP contribution in [-0.2, 0) is 20.0 Å². The molecule has 0 spiro atoms. The van der Waals surface area contributed by atoms with E-state index in [0.29, 0.717) is 11.3 Å². The van der Waals surface area contributed by atoms with Crippen LogP contribution in [0.5, 0.6) is 0 Å². The topological polar surface area (TPSA) is 132 Å². The Kier molecular flexibility index (Phi) is 3.97. The Morgan fingerprint density at radius 3 is 2.48 bits per heavy atom. The van der Waals surface area contributed by atoms with Gasteiger partial charge in [-0.25, -0.2) is 31.3 Å². The zero-order chi connectivity index (χ0) is 15.8. The van der Waals surface area contributed by atoms with Gasteiger partial charge in [-0.15, -0.1) is 0 Å². The number of nitrogens with two attached hydrogens (primary N) is 1. The van der Waals surface area contributed by atoms with E-state index in [1.54, 1.807) is 0 Å². The maximum absolute atomic E-state index is 13.0. The second kappa shape index (κ2) is 5.29. The van der Waals surface area contributed by atoms with E-state index in [1.165, 1.54) is 6.92 Å². The van der Waals surface area contributed by atoms with Crippen molar-refractivity contribution in [2.75, 3.05) is 4.72 Å². The number of hydrogen-bond acceptors (Lipinski definition) is 7. The Labute approximate surface area is 124 Å².